The first-order chi connectivity index (χ1) is 5.25. The predicted molar refractivity (Wildman–Crippen MR) is 54.6 cm³/mol. The van der Waals surface area contributed by atoms with Gasteiger partial charge in [-0.2, -0.15) is 0 Å². The molecule has 12 heavy (non-hydrogen) atoms. The van der Waals surface area contributed by atoms with Crippen LogP contribution in [-0.2, 0) is 0 Å². The zero-order valence-corrected chi connectivity index (χ0v) is 8.47. The van der Waals surface area contributed by atoms with Crippen LogP contribution in [0.15, 0.2) is 29.0 Å². The number of hydrogen-bond donors (Lipinski definition) is 1. The van der Waals surface area contributed by atoms with E-state index >= 15 is 0 Å². The number of rotatable bonds is 0. The highest BCUT2D eigenvalue weighted by Crippen LogP contribution is 2.12. The average Bonchev–Trinajstić information content (AvgIpc) is 2.27. The fourth-order valence-electron chi connectivity index (χ4n) is 0.984. The quantitative estimate of drug-likeness (QED) is 0.776. The molecule has 0 aromatic carbocycles. The largest absolute Gasteiger partial charge is 0.382 e. The molecule has 64 valence electrons. The Labute approximate surface area is 84.1 Å². The van der Waals surface area contributed by atoms with Gasteiger partial charge in [-0.1, -0.05) is 0 Å². The van der Waals surface area contributed by atoms with Crippen LogP contribution in [0, 0.1) is 0 Å². The first-order valence-electron chi connectivity index (χ1n) is 3.15. The summed E-state index contributed by atoms with van der Waals surface area (Å²) in [5.41, 5.74) is 6.36. The SMILES string of the molecule is Cl.Nc1cn2cc(Br)ccc2n1. The highest BCUT2D eigenvalue weighted by atomic mass is 79.9. The molecule has 0 spiro atoms. The van der Waals surface area contributed by atoms with Crippen molar-refractivity contribution in [2.75, 3.05) is 5.73 Å². The van der Waals surface area contributed by atoms with E-state index in [4.69, 9.17) is 5.73 Å². The Morgan fingerprint density at radius 2 is 2.08 bits per heavy atom. The van der Waals surface area contributed by atoms with Gasteiger partial charge in [0.05, 0.1) is 6.20 Å². The molecule has 0 bridgehead atoms. The first kappa shape index (κ1) is 9.35. The second kappa shape index (κ2) is 3.33. The third-order valence-electron chi connectivity index (χ3n) is 1.43. The number of anilines is 1. The lowest BCUT2D eigenvalue weighted by molar-refractivity contribution is 1.17. The molecular formula is C7H7BrClN3. The van der Waals surface area contributed by atoms with Crippen molar-refractivity contribution in [2.24, 2.45) is 0 Å². The van der Waals surface area contributed by atoms with Crippen LogP contribution in [-0.4, -0.2) is 9.38 Å². The molecule has 0 saturated carbocycles. The minimum absolute atomic E-state index is 0. The fraction of sp³-hybridized carbons (Fsp3) is 0. The van der Waals surface area contributed by atoms with E-state index in [-0.39, 0.29) is 12.4 Å². The smallest absolute Gasteiger partial charge is 0.142 e. The lowest BCUT2D eigenvalue weighted by Gasteiger charge is -1.91. The molecule has 0 aliphatic heterocycles. The van der Waals surface area contributed by atoms with Crippen molar-refractivity contribution in [3.05, 3.63) is 29.0 Å². The molecular weight excluding hydrogens is 241 g/mol. The molecule has 0 saturated heterocycles. The Morgan fingerprint density at radius 3 is 2.83 bits per heavy atom. The summed E-state index contributed by atoms with van der Waals surface area (Å²) in [5, 5.41) is 0. The summed E-state index contributed by atoms with van der Waals surface area (Å²) in [6.45, 7) is 0. The van der Waals surface area contributed by atoms with Crippen molar-refractivity contribution in [3.63, 3.8) is 0 Å². The Hall–Kier alpha value is -0.740. The lowest BCUT2D eigenvalue weighted by atomic mass is 10.5. The standard InChI is InChI=1S/C7H6BrN3.ClH/c8-5-1-2-7-10-6(9)4-11(7)3-5;/h1-4H,9H2;1H. The second-order valence-electron chi connectivity index (χ2n) is 2.28. The summed E-state index contributed by atoms with van der Waals surface area (Å²) >= 11 is 3.35. The van der Waals surface area contributed by atoms with E-state index in [1.165, 1.54) is 0 Å². The van der Waals surface area contributed by atoms with Crippen LogP contribution in [0.1, 0.15) is 0 Å². The van der Waals surface area contributed by atoms with Crippen molar-refractivity contribution < 1.29 is 0 Å². The number of hydrogen-bond acceptors (Lipinski definition) is 2. The average molecular weight is 249 g/mol. The maximum atomic E-state index is 5.49. The molecule has 2 aromatic rings. The number of aromatic nitrogens is 2. The van der Waals surface area contributed by atoms with Gasteiger partial charge in [0.15, 0.2) is 0 Å². The molecule has 2 heterocycles. The van der Waals surface area contributed by atoms with Gasteiger partial charge in [-0.15, -0.1) is 12.4 Å². The second-order valence-corrected chi connectivity index (χ2v) is 3.19. The van der Waals surface area contributed by atoms with Crippen molar-refractivity contribution in [1.82, 2.24) is 9.38 Å². The van der Waals surface area contributed by atoms with E-state index in [0.717, 1.165) is 10.1 Å². The normalized spacial score (nSPS) is 9.75. The molecule has 2 aromatic heterocycles. The molecule has 2 rings (SSSR count). The van der Waals surface area contributed by atoms with Crippen LogP contribution >= 0.6 is 28.3 Å². The predicted octanol–water partition coefficient (Wildman–Crippen LogP) is 2.10. The monoisotopic (exact) mass is 247 g/mol. The third-order valence-corrected chi connectivity index (χ3v) is 1.90. The molecule has 2 N–H and O–H groups in total. The van der Waals surface area contributed by atoms with Gasteiger partial charge in [-0.05, 0) is 28.1 Å². The van der Waals surface area contributed by atoms with Crippen molar-refractivity contribution >= 4 is 39.8 Å². The van der Waals surface area contributed by atoms with Gasteiger partial charge in [0, 0.05) is 10.7 Å². The number of nitrogens with zero attached hydrogens (tertiary/aromatic N) is 2. The van der Waals surface area contributed by atoms with E-state index in [0.29, 0.717) is 5.82 Å². The van der Waals surface area contributed by atoms with E-state index in [1.54, 1.807) is 6.20 Å². The van der Waals surface area contributed by atoms with E-state index in [9.17, 15) is 0 Å². The topological polar surface area (TPSA) is 43.3 Å². The Balaban J connectivity index is 0.000000720. The number of nitrogen functional groups attached to an aromatic ring is 1. The molecule has 0 atom stereocenters. The van der Waals surface area contributed by atoms with Crippen LogP contribution in [0.5, 0.6) is 0 Å². The summed E-state index contributed by atoms with van der Waals surface area (Å²) in [4.78, 5) is 4.07. The molecule has 0 unspecified atom stereocenters. The molecule has 3 nitrogen and oxygen atoms in total. The minimum atomic E-state index is 0. The Kier molecular flexibility index (Phi) is 2.59. The Bertz CT molecular complexity index is 398. The van der Waals surface area contributed by atoms with Crippen LogP contribution in [0.2, 0.25) is 0 Å². The van der Waals surface area contributed by atoms with Gasteiger partial charge in [0.2, 0.25) is 0 Å². The number of fused-ring (bicyclic) bond motifs is 1. The van der Waals surface area contributed by atoms with Crippen molar-refractivity contribution in [1.29, 1.82) is 0 Å². The highest BCUT2D eigenvalue weighted by molar-refractivity contribution is 9.10. The van der Waals surface area contributed by atoms with Crippen LogP contribution in [0.3, 0.4) is 0 Å². The maximum absolute atomic E-state index is 5.49. The molecule has 0 fully saturated rings. The number of pyridine rings is 1. The molecule has 0 amide bonds. The summed E-state index contributed by atoms with van der Waals surface area (Å²) in [6.07, 6.45) is 3.69. The van der Waals surface area contributed by atoms with Crippen LogP contribution in [0.25, 0.3) is 5.65 Å². The maximum Gasteiger partial charge on any atom is 0.142 e. The fourth-order valence-corrected chi connectivity index (χ4v) is 1.34. The summed E-state index contributed by atoms with van der Waals surface area (Å²) < 4.78 is 2.89. The number of nitrogens with two attached hydrogens (primary N) is 1. The summed E-state index contributed by atoms with van der Waals surface area (Å²) in [6, 6.07) is 3.84. The van der Waals surface area contributed by atoms with Gasteiger partial charge in [0.1, 0.15) is 11.5 Å². The summed E-state index contributed by atoms with van der Waals surface area (Å²) in [5.74, 6) is 0.545. The third kappa shape index (κ3) is 1.54. The molecule has 5 heteroatoms. The van der Waals surface area contributed by atoms with Gasteiger partial charge >= 0.3 is 0 Å². The van der Waals surface area contributed by atoms with Gasteiger partial charge < -0.3 is 10.1 Å². The zero-order chi connectivity index (χ0) is 7.84. The summed E-state index contributed by atoms with van der Waals surface area (Å²) in [7, 11) is 0. The number of halogens is 2. The van der Waals surface area contributed by atoms with Crippen molar-refractivity contribution in [3.8, 4) is 0 Å². The highest BCUT2D eigenvalue weighted by Gasteiger charge is 1.96. The number of imidazole rings is 1. The van der Waals surface area contributed by atoms with Gasteiger partial charge in [-0.3, -0.25) is 0 Å². The van der Waals surface area contributed by atoms with Gasteiger partial charge in [0.25, 0.3) is 0 Å². The van der Waals surface area contributed by atoms with Crippen LogP contribution in [0.4, 0.5) is 5.82 Å². The van der Waals surface area contributed by atoms with Crippen LogP contribution < -0.4 is 5.73 Å². The van der Waals surface area contributed by atoms with E-state index in [1.807, 2.05) is 22.7 Å². The van der Waals surface area contributed by atoms with Crippen molar-refractivity contribution in [2.45, 2.75) is 0 Å². The zero-order valence-electron chi connectivity index (χ0n) is 6.07. The van der Waals surface area contributed by atoms with Gasteiger partial charge in [-0.25, -0.2) is 4.98 Å². The molecule has 0 aliphatic rings. The molecule has 0 aliphatic carbocycles. The lowest BCUT2D eigenvalue weighted by Crippen LogP contribution is -1.80. The first-order valence-corrected chi connectivity index (χ1v) is 3.95. The van der Waals surface area contributed by atoms with E-state index in [2.05, 4.69) is 20.9 Å². The van der Waals surface area contributed by atoms with E-state index < -0.39 is 0 Å². The Morgan fingerprint density at radius 1 is 1.33 bits per heavy atom. The molecule has 0 radical (unpaired) electrons. The minimum Gasteiger partial charge on any atom is -0.382 e.